The fourth-order valence-corrected chi connectivity index (χ4v) is 4.32. The van der Waals surface area contributed by atoms with Gasteiger partial charge in [-0.25, -0.2) is 9.78 Å². The fourth-order valence-electron chi connectivity index (χ4n) is 4.07. The fraction of sp³-hybridized carbons (Fsp3) is 0.423. The van der Waals surface area contributed by atoms with Gasteiger partial charge in [-0.3, -0.25) is 14.4 Å². The number of para-hydroxylation sites is 1. The highest BCUT2D eigenvalue weighted by Gasteiger charge is 2.31. The number of thiol groups is 1. The van der Waals surface area contributed by atoms with Gasteiger partial charge in [-0.2, -0.15) is 12.6 Å². The molecule has 3 rings (SSSR count). The molecule has 210 valence electrons. The van der Waals surface area contributed by atoms with Crippen LogP contribution < -0.4 is 21.7 Å². The number of amides is 3. The van der Waals surface area contributed by atoms with Crippen LogP contribution >= 0.6 is 12.6 Å². The lowest BCUT2D eigenvalue weighted by Gasteiger charge is -2.25. The summed E-state index contributed by atoms with van der Waals surface area (Å²) >= 11 is 4.21. The molecule has 0 saturated heterocycles. The minimum atomic E-state index is -1.27. The number of carboxylic acid groups (broad SMARTS) is 1. The van der Waals surface area contributed by atoms with Gasteiger partial charge in [0.1, 0.15) is 18.1 Å². The van der Waals surface area contributed by atoms with Gasteiger partial charge in [0.2, 0.25) is 17.7 Å². The predicted octanol–water partition coefficient (Wildman–Crippen LogP) is 0.518. The van der Waals surface area contributed by atoms with Crippen molar-refractivity contribution in [2.45, 2.75) is 57.3 Å². The monoisotopic (exact) mass is 557 g/mol. The summed E-state index contributed by atoms with van der Waals surface area (Å²) in [6.07, 6.45) is 5.34. The van der Waals surface area contributed by atoms with Gasteiger partial charge in [0.25, 0.3) is 0 Å². The van der Waals surface area contributed by atoms with Crippen molar-refractivity contribution in [2.24, 2.45) is 11.7 Å². The van der Waals surface area contributed by atoms with Crippen LogP contribution in [0.1, 0.15) is 31.5 Å². The number of nitrogens with zero attached hydrogens (tertiary/aromatic N) is 1. The lowest BCUT2D eigenvalue weighted by atomic mass is 9.99. The predicted molar refractivity (Wildman–Crippen MR) is 149 cm³/mol. The first-order valence-electron chi connectivity index (χ1n) is 12.7. The number of aliphatic carboxylic acids is 1. The van der Waals surface area contributed by atoms with E-state index in [-0.39, 0.29) is 24.5 Å². The van der Waals surface area contributed by atoms with E-state index in [2.05, 4.69) is 43.5 Å². The summed E-state index contributed by atoms with van der Waals surface area (Å²) in [5.41, 5.74) is 8.12. The van der Waals surface area contributed by atoms with Crippen LogP contribution in [0.5, 0.6) is 0 Å². The van der Waals surface area contributed by atoms with Crippen molar-refractivity contribution in [3.63, 3.8) is 0 Å². The summed E-state index contributed by atoms with van der Waals surface area (Å²) in [5.74, 6) is -3.21. The Hall–Kier alpha value is -3.84. The Morgan fingerprint density at radius 2 is 1.67 bits per heavy atom. The summed E-state index contributed by atoms with van der Waals surface area (Å²) in [5, 5.41) is 18.4. The van der Waals surface area contributed by atoms with Crippen LogP contribution in [0.25, 0.3) is 10.9 Å². The SMILES string of the molecule is CCC(C)C(N)C(=O)NC(CS)C(=O)NC(Cc1c[nH]c2ccccc12)C(=O)NC(Cc1cnc[nH]1)C(=O)O. The molecule has 39 heavy (non-hydrogen) atoms. The molecule has 0 aliphatic carbocycles. The van der Waals surface area contributed by atoms with Gasteiger partial charge in [0.05, 0.1) is 12.4 Å². The number of carbonyl (C=O) groups is 4. The largest absolute Gasteiger partial charge is 0.480 e. The third kappa shape index (κ3) is 7.83. The molecule has 1 aromatic carbocycles. The number of fused-ring (bicyclic) bond motifs is 1. The minimum absolute atomic E-state index is 0.0301. The second-order valence-electron chi connectivity index (χ2n) is 9.46. The molecule has 5 atom stereocenters. The van der Waals surface area contributed by atoms with Crippen molar-refractivity contribution >= 4 is 47.2 Å². The van der Waals surface area contributed by atoms with Crippen LogP contribution in [0.2, 0.25) is 0 Å². The highest BCUT2D eigenvalue weighted by atomic mass is 32.1. The van der Waals surface area contributed by atoms with Gasteiger partial charge in [0.15, 0.2) is 0 Å². The van der Waals surface area contributed by atoms with Gasteiger partial charge < -0.3 is 36.8 Å². The Balaban J connectivity index is 1.81. The third-order valence-electron chi connectivity index (χ3n) is 6.70. The molecule has 0 bridgehead atoms. The van der Waals surface area contributed by atoms with Crippen LogP contribution in [0, 0.1) is 5.92 Å². The second kappa shape index (κ2) is 13.8. The van der Waals surface area contributed by atoms with Crippen molar-refractivity contribution in [1.29, 1.82) is 0 Å². The van der Waals surface area contributed by atoms with Crippen LogP contribution in [-0.2, 0) is 32.0 Å². The molecule has 8 N–H and O–H groups in total. The molecule has 0 radical (unpaired) electrons. The topological polar surface area (TPSA) is 195 Å². The summed E-state index contributed by atoms with van der Waals surface area (Å²) in [6.45, 7) is 3.75. The molecule has 0 saturated carbocycles. The average molecular weight is 558 g/mol. The first-order valence-corrected chi connectivity index (χ1v) is 13.3. The number of imidazole rings is 1. The van der Waals surface area contributed by atoms with Crippen LogP contribution in [0.15, 0.2) is 43.0 Å². The molecule has 3 aromatic rings. The molecule has 12 nitrogen and oxygen atoms in total. The van der Waals surface area contributed by atoms with E-state index in [1.807, 2.05) is 38.1 Å². The van der Waals surface area contributed by atoms with E-state index in [0.29, 0.717) is 12.1 Å². The van der Waals surface area contributed by atoms with Crippen molar-refractivity contribution in [3.05, 3.63) is 54.2 Å². The molecule has 0 fully saturated rings. The van der Waals surface area contributed by atoms with E-state index in [9.17, 15) is 24.3 Å². The van der Waals surface area contributed by atoms with Crippen molar-refractivity contribution in [3.8, 4) is 0 Å². The number of aromatic amines is 2. The first kappa shape index (κ1) is 29.7. The Morgan fingerprint density at radius 1 is 1.00 bits per heavy atom. The first-order chi connectivity index (χ1) is 18.6. The molecule has 5 unspecified atom stereocenters. The normalized spacial score (nSPS) is 15.1. The Kier molecular flexibility index (Phi) is 10.5. The molecule has 13 heteroatoms. The number of rotatable bonds is 14. The summed E-state index contributed by atoms with van der Waals surface area (Å²) in [4.78, 5) is 61.0. The zero-order chi connectivity index (χ0) is 28.5. The van der Waals surface area contributed by atoms with E-state index in [1.54, 1.807) is 6.20 Å². The van der Waals surface area contributed by atoms with Gasteiger partial charge in [-0.1, -0.05) is 38.5 Å². The summed E-state index contributed by atoms with van der Waals surface area (Å²) in [6, 6.07) is 3.19. The van der Waals surface area contributed by atoms with Crippen molar-refractivity contribution in [2.75, 3.05) is 5.75 Å². The van der Waals surface area contributed by atoms with Gasteiger partial charge >= 0.3 is 5.97 Å². The van der Waals surface area contributed by atoms with Crippen molar-refractivity contribution in [1.82, 2.24) is 30.9 Å². The molecule has 0 aliphatic heterocycles. The number of hydrogen-bond acceptors (Lipinski definition) is 7. The molecule has 2 heterocycles. The number of H-pyrrole nitrogens is 2. The zero-order valence-electron chi connectivity index (χ0n) is 21.8. The number of carboxylic acids is 1. The average Bonchev–Trinajstić information content (AvgIpc) is 3.59. The van der Waals surface area contributed by atoms with E-state index in [1.165, 1.54) is 12.5 Å². The second-order valence-corrected chi connectivity index (χ2v) is 9.83. The molecule has 2 aromatic heterocycles. The highest BCUT2D eigenvalue weighted by molar-refractivity contribution is 7.80. The quantitative estimate of drug-likeness (QED) is 0.132. The number of carbonyl (C=O) groups excluding carboxylic acids is 3. The van der Waals surface area contributed by atoms with E-state index in [4.69, 9.17) is 5.73 Å². The summed E-state index contributed by atoms with van der Waals surface area (Å²) < 4.78 is 0. The Labute approximate surface area is 231 Å². The lowest BCUT2D eigenvalue weighted by Crippen LogP contribution is -2.58. The number of benzene rings is 1. The maximum Gasteiger partial charge on any atom is 0.326 e. The van der Waals surface area contributed by atoms with Gasteiger partial charge in [-0.05, 0) is 17.5 Å². The molecule has 3 amide bonds. The standard InChI is InChI=1S/C26H35N7O5S/c1-3-14(2)22(27)25(36)33-21(12-39)24(35)31-19(8-15-10-29-18-7-5-4-6-17(15)18)23(34)32-20(26(37)38)9-16-11-28-13-30-16/h4-7,10-11,13-14,19-22,29,39H,3,8-9,12,27H2,1-2H3,(H,28,30)(H,31,35)(H,32,34)(H,33,36)(H,37,38). The van der Waals surface area contributed by atoms with Gasteiger partial charge in [0, 0.05) is 47.6 Å². The smallest absolute Gasteiger partial charge is 0.326 e. The van der Waals surface area contributed by atoms with Crippen LogP contribution in [0.4, 0.5) is 0 Å². The maximum atomic E-state index is 13.4. The third-order valence-corrected chi connectivity index (χ3v) is 7.07. The van der Waals surface area contributed by atoms with Crippen LogP contribution in [-0.4, -0.2) is 73.7 Å². The Morgan fingerprint density at radius 3 is 2.31 bits per heavy atom. The zero-order valence-corrected chi connectivity index (χ0v) is 22.7. The molecular weight excluding hydrogens is 522 g/mol. The van der Waals surface area contributed by atoms with Crippen molar-refractivity contribution < 1.29 is 24.3 Å². The van der Waals surface area contributed by atoms with E-state index in [0.717, 1.165) is 16.5 Å². The Bertz CT molecular complexity index is 1280. The highest BCUT2D eigenvalue weighted by Crippen LogP contribution is 2.19. The van der Waals surface area contributed by atoms with E-state index < -0.39 is 47.9 Å². The number of aromatic nitrogens is 3. The van der Waals surface area contributed by atoms with Gasteiger partial charge in [-0.15, -0.1) is 0 Å². The minimum Gasteiger partial charge on any atom is -0.480 e. The number of nitrogens with two attached hydrogens (primary N) is 1. The lowest BCUT2D eigenvalue weighted by molar-refractivity contribution is -0.142. The maximum absolute atomic E-state index is 13.4. The summed E-state index contributed by atoms with van der Waals surface area (Å²) in [7, 11) is 0. The van der Waals surface area contributed by atoms with E-state index >= 15 is 0 Å². The number of hydrogen-bond donors (Lipinski definition) is 8. The molecule has 0 spiro atoms. The molecule has 0 aliphatic rings. The molecular formula is C26H35N7O5S. The van der Waals surface area contributed by atoms with Crippen LogP contribution in [0.3, 0.4) is 0 Å². The number of nitrogens with one attached hydrogen (secondary N) is 5.